The van der Waals surface area contributed by atoms with Gasteiger partial charge in [-0.15, -0.1) is 0 Å². The minimum Gasteiger partial charge on any atom is -0.411 e. The maximum absolute atomic E-state index is 13.9. The lowest BCUT2D eigenvalue weighted by molar-refractivity contribution is -0.180. The molecule has 1 amide bonds. The first-order chi connectivity index (χ1) is 16.0. The monoisotopic (exact) mass is 474 g/mol. The lowest BCUT2D eigenvalue weighted by Gasteiger charge is -2.32. The normalized spacial score (nSPS) is 22.6. The third-order valence-corrected chi connectivity index (χ3v) is 8.33. The van der Waals surface area contributed by atoms with Crippen LogP contribution in [0.2, 0.25) is 19.6 Å². The maximum atomic E-state index is 13.9. The molecule has 2 aromatic carbocycles. The first-order valence-electron chi connectivity index (χ1n) is 11.2. The van der Waals surface area contributed by atoms with Crippen LogP contribution in [0.5, 0.6) is 0 Å². The highest BCUT2D eigenvalue weighted by Gasteiger charge is 2.60. The van der Waals surface area contributed by atoms with Gasteiger partial charge >= 0.3 is 11.9 Å². The molecule has 2 atom stereocenters. The highest BCUT2D eigenvalue weighted by molar-refractivity contribution is 6.88. The summed E-state index contributed by atoms with van der Waals surface area (Å²) in [5.74, 6) is -2.71. The van der Waals surface area contributed by atoms with Crippen molar-refractivity contribution in [3.8, 4) is 11.1 Å². The molecule has 2 unspecified atom stereocenters. The highest BCUT2D eigenvalue weighted by Crippen LogP contribution is 2.40. The van der Waals surface area contributed by atoms with E-state index in [1.807, 2.05) is 48.5 Å². The van der Waals surface area contributed by atoms with Gasteiger partial charge in [-0.1, -0.05) is 73.4 Å². The molecule has 3 N–H and O–H groups in total. The van der Waals surface area contributed by atoms with Crippen molar-refractivity contribution in [1.29, 1.82) is 0 Å². The zero-order chi connectivity index (χ0) is 24.7. The van der Waals surface area contributed by atoms with Crippen LogP contribution in [0.1, 0.15) is 18.1 Å². The second-order valence-electron chi connectivity index (χ2n) is 9.68. The van der Waals surface area contributed by atoms with Gasteiger partial charge in [0.1, 0.15) is 0 Å². The van der Waals surface area contributed by atoms with E-state index in [-0.39, 0.29) is 5.91 Å². The average molecular weight is 475 g/mol. The van der Waals surface area contributed by atoms with E-state index in [1.54, 1.807) is 12.4 Å². The van der Waals surface area contributed by atoms with Gasteiger partial charge in [-0.3, -0.25) is 25.2 Å². The molecule has 176 valence electrons. The van der Waals surface area contributed by atoms with Crippen LogP contribution in [-0.2, 0) is 19.9 Å². The summed E-state index contributed by atoms with van der Waals surface area (Å²) in [6, 6.07) is 19.6. The van der Waals surface area contributed by atoms with Gasteiger partial charge in [0.05, 0.1) is 8.07 Å². The smallest absolute Gasteiger partial charge is 0.307 e. The zero-order valence-corrected chi connectivity index (χ0v) is 21.1. The third-order valence-electron chi connectivity index (χ3n) is 6.26. The van der Waals surface area contributed by atoms with Crippen LogP contribution in [0.15, 0.2) is 73.1 Å². The SMILES string of the molecule is CC(=O)OC1(N)NC(c2ccc([Si](C)(C)C)cc2)(c2cccc(-c3cccnc3)c2)C(=O)N1C. The van der Waals surface area contributed by atoms with E-state index < -0.39 is 25.6 Å². The van der Waals surface area contributed by atoms with E-state index in [0.29, 0.717) is 11.1 Å². The molecule has 1 saturated heterocycles. The number of amides is 1. The number of rotatable bonds is 5. The zero-order valence-electron chi connectivity index (χ0n) is 20.1. The second kappa shape index (κ2) is 8.46. The molecule has 1 aliphatic heterocycles. The number of nitrogens with two attached hydrogens (primary N) is 1. The number of benzene rings is 2. The quantitative estimate of drug-likeness (QED) is 0.335. The summed E-state index contributed by atoms with van der Waals surface area (Å²) >= 11 is 0. The van der Waals surface area contributed by atoms with Crippen molar-refractivity contribution >= 4 is 25.1 Å². The number of nitrogens with zero attached hydrogens (tertiary/aromatic N) is 2. The summed E-state index contributed by atoms with van der Waals surface area (Å²) in [7, 11) is -0.0206. The van der Waals surface area contributed by atoms with Gasteiger partial charge in [0.2, 0.25) is 0 Å². The Kier molecular flexibility index (Phi) is 5.93. The molecule has 0 spiro atoms. The fourth-order valence-electron chi connectivity index (χ4n) is 4.37. The molecule has 1 fully saturated rings. The Labute approximate surface area is 201 Å². The molecule has 4 rings (SSSR count). The molecule has 7 nitrogen and oxygen atoms in total. The Morgan fingerprint density at radius 1 is 1.03 bits per heavy atom. The fourth-order valence-corrected chi connectivity index (χ4v) is 5.53. The van der Waals surface area contributed by atoms with Gasteiger partial charge in [0.25, 0.3) is 5.91 Å². The van der Waals surface area contributed by atoms with Crippen molar-refractivity contribution < 1.29 is 14.3 Å². The molecular weight excluding hydrogens is 444 g/mol. The van der Waals surface area contributed by atoms with E-state index in [9.17, 15) is 9.59 Å². The summed E-state index contributed by atoms with van der Waals surface area (Å²) in [6.45, 7) is 8.08. The fraction of sp³-hybridized carbons (Fsp3) is 0.269. The lowest BCUT2D eigenvalue weighted by Crippen LogP contribution is -2.63. The molecule has 1 aromatic heterocycles. The topological polar surface area (TPSA) is 97.5 Å². The molecule has 0 saturated carbocycles. The summed E-state index contributed by atoms with van der Waals surface area (Å²) in [4.78, 5) is 31.3. The Bertz CT molecular complexity index is 1230. The van der Waals surface area contributed by atoms with Crippen LogP contribution in [0.4, 0.5) is 0 Å². The van der Waals surface area contributed by atoms with E-state index in [0.717, 1.165) is 11.1 Å². The Morgan fingerprint density at radius 2 is 1.71 bits per heavy atom. The van der Waals surface area contributed by atoms with Gasteiger partial charge in [0.15, 0.2) is 5.54 Å². The van der Waals surface area contributed by atoms with Gasteiger partial charge in [-0.2, -0.15) is 0 Å². The summed E-state index contributed by atoms with van der Waals surface area (Å²) in [5, 5.41) is 4.46. The molecule has 1 aliphatic rings. The first-order valence-corrected chi connectivity index (χ1v) is 14.7. The number of pyridine rings is 1. The molecule has 3 aromatic rings. The molecule has 0 bridgehead atoms. The average Bonchev–Trinajstić information content (AvgIpc) is 3.00. The van der Waals surface area contributed by atoms with Crippen molar-refractivity contribution in [1.82, 2.24) is 15.2 Å². The molecule has 0 aliphatic carbocycles. The number of likely N-dealkylation sites (N-methyl/N-ethyl adjacent to an activating group) is 1. The number of hydrogen-bond donors (Lipinski definition) is 2. The minimum absolute atomic E-state index is 0.319. The number of carbonyl (C=O) groups excluding carboxylic acids is 2. The van der Waals surface area contributed by atoms with Crippen molar-refractivity contribution in [3.05, 3.63) is 84.2 Å². The predicted octanol–water partition coefficient (Wildman–Crippen LogP) is 2.73. The molecule has 0 radical (unpaired) electrons. The lowest BCUT2D eigenvalue weighted by atomic mass is 9.81. The molecule has 8 heteroatoms. The standard InChI is InChI=1S/C26H30N4O3Si/c1-18(31)33-26(27)29-25(24(32)30(26)2,21-11-13-23(14-12-21)34(3,4)5)22-10-6-8-19(16-22)20-9-7-15-28-17-20/h6-17,29H,27H2,1-5H3. The first kappa shape index (κ1) is 23.8. The molecule has 34 heavy (non-hydrogen) atoms. The van der Waals surface area contributed by atoms with Gasteiger partial charge in [-0.05, 0) is 34.4 Å². The third kappa shape index (κ3) is 4.04. The van der Waals surface area contributed by atoms with Crippen molar-refractivity contribution in [2.24, 2.45) is 5.73 Å². The summed E-state index contributed by atoms with van der Waals surface area (Å²) < 4.78 is 5.40. The Hall–Kier alpha value is -3.33. The minimum atomic E-state index is -1.80. The Morgan fingerprint density at radius 3 is 2.29 bits per heavy atom. The van der Waals surface area contributed by atoms with Gasteiger partial charge in [0, 0.05) is 26.4 Å². The van der Waals surface area contributed by atoms with Crippen LogP contribution < -0.4 is 16.2 Å². The number of ether oxygens (including phenoxy) is 1. The van der Waals surface area contributed by atoms with Crippen LogP contribution in [0, 0.1) is 0 Å². The Balaban J connectivity index is 1.92. The molecular formula is C26H30N4O3Si. The number of aromatic nitrogens is 1. The number of nitrogens with one attached hydrogen (secondary N) is 1. The van der Waals surface area contributed by atoms with E-state index in [2.05, 4.69) is 42.1 Å². The van der Waals surface area contributed by atoms with E-state index in [4.69, 9.17) is 10.5 Å². The van der Waals surface area contributed by atoms with Crippen molar-refractivity contribution in [2.45, 2.75) is 38.1 Å². The maximum Gasteiger partial charge on any atom is 0.307 e. The van der Waals surface area contributed by atoms with E-state index in [1.165, 1.54) is 24.1 Å². The number of carbonyl (C=O) groups is 2. The number of esters is 1. The highest BCUT2D eigenvalue weighted by atomic mass is 28.3. The summed E-state index contributed by atoms with van der Waals surface area (Å²) in [6.07, 6.45) is 3.49. The van der Waals surface area contributed by atoms with Gasteiger partial charge in [-0.25, -0.2) is 5.32 Å². The van der Waals surface area contributed by atoms with Crippen LogP contribution in [0.25, 0.3) is 11.1 Å². The molecule has 2 heterocycles. The summed E-state index contributed by atoms with van der Waals surface area (Å²) in [5.41, 5.74) is 8.32. The van der Waals surface area contributed by atoms with E-state index >= 15 is 0 Å². The van der Waals surface area contributed by atoms with Crippen molar-refractivity contribution in [2.75, 3.05) is 7.05 Å². The van der Waals surface area contributed by atoms with Crippen molar-refractivity contribution in [3.63, 3.8) is 0 Å². The largest absolute Gasteiger partial charge is 0.411 e. The predicted molar refractivity (Wildman–Crippen MR) is 134 cm³/mol. The van der Waals surface area contributed by atoms with Crippen LogP contribution in [0.3, 0.4) is 0 Å². The van der Waals surface area contributed by atoms with Gasteiger partial charge < -0.3 is 4.74 Å². The second-order valence-corrected chi connectivity index (χ2v) is 14.8. The van der Waals surface area contributed by atoms with Crippen LogP contribution in [-0.4, -0.2) is 42.9 Å². The number of hydrogen-bond acceptors (Lipinski definition) is 6. The van der Waals surface area contributed by atoms with Crippen LogP contribution >= 0.6 is 0 Å².